The monoisotopic (exact) mass is 306 g/mol. The maximum Gasteiger partial charge on any atom is 0.234 e. The van der Waals surface area contributed by atoms with Crippen LogP contribution in [0.1, 0.15) is 26.6 Å². The fraction of sp³-hybridized carbons (Fsp3) is 0.500. The number of halogens is 1. The van der Waals surface area contributed by atoms with Crippen LogP contribution in [0.3, 0.4) is 0 Å². The molecule has 0 aliphatic carbocycles. The Hall–Kier alpha value is -1.95. The summed E-state index contributed by atoms with van der Waals surface area (Å²) in [5, 5.41) is 2.80. The van der Waals surface area contributed by atoms with Crippen molar-refractivity contribution in [2.45, 2.75) is 33.9 Å². The van der Waals surface area contributed by atoms with Crippen LogP contribution in [-0.2, 0) is 17.9 Å². The van der Waals surface area contributed by atoms with Crippen molar-refractivity contribution in [2.24, 2.45) is 0 Å². The lowest BCUT2D eigenvalue weighted by molar-refractivity contribution is -0.122. The number of carbonyl (C=O) groups excluding carboxylic acids is 1. The minimum atomic E-state index is -0.283. The van der Waals surface area contributed by atoms with E-state index in [1.165, 1.54) is 12.1 Å². The lowest BCUT2D eigenvalue weighted by atomic mass is 10.3. The molecular weight excluding hydrogens is 283 g/mol. The maximum absolute atomic E-state index is 13.4. The van der Waals surface area contributed by atoms with E-state index >= 15 is 0 Å². The average Bonchev–Trinajstić information content (AvgIpc) is 2.82. The van der Waals surface area contributed by atoms with Crippen molar-refractivity contribution in [1.29, 1.82) is 0 Å². The topological polar surface area (TPSA) is 50.2 Å². The van der Waals surface area contributed by atoms with Crippen LogP contribution in [0.4, 0.5) is 4.39 Å². The number of amides is 1. The number of benzene rings is 1. The van der Waals surface area contributed by atoms with Crippen LogP contribution < -0.4 is 5.32 Å². The number of aromatic nitrogens is 2. The molecule has 0 aliphatic rings. The van der Waals surface area contributed by atoms with Crippen LogP contribution in [0.2, 0.25) is 0 Å². The van der Waals surface area contributed by atoms with Gasteiger partial charge >= 0.3 is 0 Å². The lowest BCUT2D eigenvalue weighted by Crippen LogP contribution is -2.37. The molecule has 22 heavy (non-hydrogen) atoms. The number of hydrogen-bond donors (Lipinski definition) is 1. The molecule has 0 spiro atoms. The Labute approximate surface area is 130 Å². The molecule has 0 unspecified atom stereocenters. The zero-order chi connectivity index (χ0) is 16.1. The standard InChI is InChI=1S/C16H23FN4O/c1-4-18-16(22)11-20(5-2)10-15-19-13-9-12(17)7-8-14(13)21(15)6-3/h7-9H,4-6,10-11H2,1-3H3,(H,18,22). The van der Waals surface area contributed by atoms with E-state index in [-0.39, 0.29) is 11.7 Å². The molecule has 2 aromatic rings. The van der Waals surface area contributed by atoms with Crippen LogP contribution >= 0.6 is 0 Å². The molecule has 0 saturated heterocycles. The Morgan fingerprint density at radius 3 is 2.77 bits per heavy atom. The Balaban J connectivity index is 2.23. The zero-order valence-electron chi connectivity index (χ0n) is 13.4. The van der Waals surface area contributed by atoms with Gasteiger partial charge in [0, 0.05) is 19.2 Å². The first-order valence-corrected chi connectivity index (χ1v) is 7.72. The van der Waals surface area contributed by atoms with Gasteiger partial charge in [0.1, 0.15) is 11.6 Å². The number of likely N-dealkylation sites (N-methyl/N-ethyl adjacent to an activating group) is 2. The summed E-state index contributed by atoms with van der Waals surface area (Å²) in [4.78, 5) is 18.3. The molecule has 0 bridgehead atoms. The van der Waals surface area contributed by atoms with Crippen molar-refractivity contribution in [3.05, 3.63) is 29.8 Å². The number of imidazole rings is 1. The minimum absolute atomic E-state index is 0.00885. The first-order valence-electron chi connectivity index (χ1n) is 7.72. The van der Waals surface area contributed by atoms with Gasteiger partial charge in [-0.1, -0.05) is 6.92 Å². The molecule has 0 aliphatic heterocycles. The van der Waals surface area contributed by atoms with Crippen molar-refractivity contribution in [1.82, 2.24) is 19.8 Å². The molecule has 0 atom stereocenters. The van der Waals surface area contributed by atoms with Gasteiger partial charge in [0.25, 0.3) is 0 Å². The predicted molar refractivity (Wildman–Crippen MR) is 85.0 cm³/mol. The summed E-state index contributed by atoms with van der Waals surface area (Å²) in [7, 11) is 0. The van der Waals surface area contributed by atoms with Gasteiger partial charge in [-0.25, -0.2) is 9.37 Å². The molecule has 120 valence electrons. The molecule has 1 aromatic carbocycles. The van der Waals surface area contributed by atoms with Gasteiger partial charge < -0.3 is 9.88 Å². The van der Waals surface area contributed by atoms with Crippen LogP contribution in [0.25, 0.3) is 11.0 Å². The SMILES string of the molecule is CCNC(=O)CN(CC)Cc1nc2cc(F)ccc2n1CC. The van der Waals surface area contributed by atoms with Crippen LogP contribution in [0.5, 0.6) is 0 Å². The summed E-state index contributed by atoms with van der Waals surface area (Å²) in [6.07, 6.45) is 0. The molecule has 1 heterocycles. The molecule has 1 aromatic heterocycles. The van der Waals surface area contributed by atoms with Crippen molar-refractivity contribution in [3.8, 4) is 0 Å². The normalized spacial score (nSPS) is 11.3. The minimum Gasteiger partial charge on any atom is -0.355 e. The second-order valence-corrected chi connectivity index (χ2v) is 5.16. The van der Waals surface area contributed by atoms with E-state index in [1.807, 2.05) is 25.7 Å². The van der Waals surface area contributed by atoms with E-state index in [0.29, 0.717) is 25.2 Å². The highest BCUT2D eigenvalue weighted by molar-refractivity contribution is 5.78. The number of aryl methyl sites for hydroxylation is 1. The highest BCUT2D eigenvalue weighted by Crippen LogP contribution is 2.18. The van der Waals surface area contributed by atoms with Crippen LogP contribution in [0.15, 0.2) is 18.2 Å². The van der Waals surface area contributed by atoms with Gasteiger partial charge in [-0.2, -0.15) is 0 Å². The third kappa shape index (κ3) is 3.62. The second kappa shape index (κ2) is 7.35. The largest absolute Gasteiger partial charge is 0.355 e. The van der Waals surface area contributed by atoms with E-state index in [2.05, 4.69) is 14.9 Å². The van der Waals surface area contributed by atoms with Crippen molar-refractivity contribution in [2.75, 3.05) is 19.6 Å². The van der Waals surface area contributed by atoms with Crippen molar-refractivity contribution >= 4 is 16.9 Å². The second-order valence-electron chi connectivity index (χ2n) is 5.16. The molecule has 5 nitrogen and oxygen atoms in total. The van der Waals surface area contributed by atoms with Gasteiger partial charge in [0.2, 0.25) is 5.91 Å². The van der Waals surface area contributed by atoms with E-state index < -0.39 is 0 Å². The fourth-order valence-electron chi connectivity index (χ4n) is 2.56. The molecule has 1 N–H and O–H groups in total. The Kier molecular flexibility index (Phi) is 5.49. The number of carbonyl (C=O) groups is 1. The first kappa shape index (κ1) is 16.4. The van der Waals surface area contributed by atoms with Crippen molar-refractivity contribution in [3.63, 3.8) is 0 Å². The first-order chi connectivity index (χ1) is 10.6. The third-order valence-corrected chi connectivity index (χ3v) is 3.66. The maximum atomic E-state index is 13.4. The van der Waals surface area contributed by atoms with E-state index in [0.717, 1.165) is 24.4 Å². The highest BCUT2D eigenvalue weighted by Gasteiger charge is 2.15. The Bertz CT molecular complexity index is 653. The molecule has 0 saturated carbocycles. The Morgan fingerprint density at radius 1 is 1.36 bits per heavy atom. The highest BCUT2D eigenvalue weighted by atomic mass is 19.1. The number of nitrogens with zero attached hydrogens (tertiary/aromatic N) is 3. The van der Waals surface area contributed by atoms with E-state index in [1.54, 1.807) is 6.07 Å². The van der Waals surface area contributed by atoms with E-state index in [4.69, 9.17) is 0 Å². The molecule has 0 fully saturated rings. The van der Waals surface area contributed by atoms with Gasteiger partial charge in [-0.15, -0.1) is 0 Å². The number of nitrogens with one attached hydrogen (secondary N) is 1. The van der Waals surface area contributed by atoms with Gasteiger partial charge in [-0.05, 0) is 32.5 Å². The summed E-state index contributed by atoms with van der Waals surface area (Å²) >= 11 is 0. The Morgan fingerprint density at radius 2 is 2.14 bits per heavy atom. The fourth-order valence-corrected chi connectivity index (χ4v) is 2.56. The molecule has 6 heteroatoms. The van der Waals surface area contributed by atoms with Crippen molar-refractivity contribution < 1.29 is 9.18 Å². The summed E-state index contributed by atoms with van der Waals surface area (Å²) in [6, 6.07) is 4.65. The van der Waals surface area contributed by atoms with Crippen LogP contribution in [0, 0.1) is 5.82 Å². The summed E-state index contributed by atoms with van der Waals surface area (Å²) in [6.45, 7) is 8.99. The molecule has 2 rings (SSSR count). The third-order valence-electron chi connectivity index (χ3n) is 3.66. The smallest absolute Gasteiger partial charge is 0.234 e. The number of rotatable bonds is 7. The quantitative estimate of drug-likeness (QED) is 0.853. The zero-order valence-corrected chi connectivity index (χ0v) is 13.4. The molecule has 1 amide bonds. The molecule has 0 radical (unpaired) electrons. The average molecular weight is 306 g/mol. The number of hydrogen-bond acceptors (Lipinski definition) is 3. The summed E-state index contributed by atoms with van der Waals surface area (Å²) < 4.78 is 15.4. The van der Waals surface area contributed by atoms with Gasteiger partial charge in [0.05, 0.1) is 24.1 Å². The lowest BCUT2D eigenvalue weighted by Gasteiger charge is -2.19. The number of fused-ring (bicyclic) bond motifs is 1. The van der Waals surface area contributed by atoms with Gasteiger partial charge in [-0.3, -0.25) is 9.69 Å². The summed E-state index contributed by atoms with van der Waals surface area (Å²) in [5.74, 6) is 0.582. The van der Waals surface area contributed by atoms with Gasteiger partial charge in [0.15, 0.2) is 0 Å². The predicted octanol–water partition coefficient (Wildman–Crippen LogP) is 2.15. The van der Waals surface area contributed by atoms with E-state index in [9.17, 15) is 9.18 Å². The summed E-state index contributed by atoms with van der Waals surface area (Å²) in [5.41, 5.74) is 1.58. The van der Waals surface area contributed by atoms with Crippen LogP contribution in [-0.4, -0.2) is 40.0 Å². The molecular formula is C16H23FN4O.